The lowest BCUT2D eigenvalue weighted by Gasteiger charge is -2.22. The van der Waals surface area contributed by atoms with Crippen LogP contribution in [0.1, 0.15) is 46.0 Å². The highest BCUT2D eigenvalue weighted by molar-refractivity contribution is 5.15. The van der Waals surface area contributed by atoms with Gasteiger partial charge in [-0.1, -0.05) is 38.3 Å². The van der Waals surface area contributed by atoms with Gasteiger partial charge in [0.1, 0.15) is 0 Å². The SMILES string of the molecule is CCC(CC)C(N)C1=CCCC1. The van der Waals surface area contributed by atoms with Gasteiger partial charge in [-0.3, -0.25) is 0 Å². The van der Waals surface area contributed by atoms with Crippen LogP contribution in [0.2, 0.25) is 0 Å². The molecular formula is C11H21N. The third-order valence-electron chi connectivity index (χ3n) is 3.06. The molecule has 0 saturated heterocycles. The minimum absolute atomic E-state index is 0.350. The first-order valence-corrected chi connectivity index (χ1v) is 5.24. The Labute approximate surface area is 76.0 Å². The summed E-state index contributed by atoms with van der Waals surface area (Å²) in [5, 5.41) is 0. The predicted octanol–water partition coefficient (Wildman–Crippen LogP) is 2.86. The summed E-state index contributed by atoms with van der Waals surface area (Å²) < 4.78 is 0. The van der Waals surface area contributed by atoms with Crippen molar-refractivity contribution in [1.29, 1.82) is 0 Å². The molecule has 0 aromatic rings. The fourth-order valence-electron chi connectivity index (χ4n) is 2.10. The Bertz CT molecular complexity index is 156. The van der Waals surface area contributed by atoms with Gasteiger partial charge in [-0.05, 0) is 25.2 Å². The summed E-state index contributed by atoms with van der Waals surface area (Å²) in [5.74, 6) is 0.703. The number of hydrogen-bond donors (Lipinski definition) is 1. The fourth-order valence-corrected chi connectivity index (χ4v) is 2.10. The minimum atomic E-state index is 0.350. The molecule has 0 heterocycles. The van der Waals surface area contributed by atoms with Crippen molar-refractivity contribution in [2.75, 3.05) is 0 Å². The molecule has 1 unspecified atom stereocenters. The molecule has 0 spiro atoms. The number of nitrogens with two attached hydrogens (primary N) is 1. The summed E-state index contributed by atoms with van der Waals surface area (Å²) in [6.07, 6.45) is 8.61. The van der Waals surface area contributed by atoms with Crippen LogP contribution in [-0.2, 0) is 0 Å². The van der Waals surface area contributed by atoms with E-state index in [0.29, 0.717) is 12.0 Å². The second-order valence-electron chi connectivity index (χ2n) is 3.77. The van der Waals surface area contributed by atoms with Crippen LogP contribution in [0.4, 0.5) is 0 Å². The maximum atomic E-state index is 6.18. The van der Waals surface area contributed by atoms with Crippen molar-refractivity contribution >= 4 is 0 Å². The summed E-state index contributed by atoms with van der Waals surface area (Å²) in [5.41, 5.74) is 7.69. The Morgan fingerprint density at radius 3 is 2.50 bits per heavy atom. The van der Waals surface area contributed by atoms with Crippen molar-refractivity contribution < 1.29 is 0 Å². The van der Waals surface area contributed by atoms with E-state index in [1.807, 2.05) is 0 Å². The van der Waals surface area contributed by atoms with Crippen LogP contribution in [0.5, 0.6) is 0 Å². The van der Waals surface area contributed by atoms with Gasteiger partial charge in [0.25, 0.3) is 0 Å². The summed E-state index contributed by atoms with van der Waals surface area (Å²) >= 11 is 0. The van der Waals surface area contributed by atoms with E-state index in [1.165, 1.54) is 37.7 Å². The predicted molar refractivity (Wildman–Crippen MR) is 54.0 cm³/mol. The number of rotatable bonds is 4. The van der Waals surface area contributed by atoms with Crippen LogP contribution in [0.15, 0.2) is 11.6 Å². The lowest BCUT2D eigenvalue weighted by molar-refractivity contribution is 0.427. The zero-order valence-corrected chi connectivity index (χ0v) is 8.34. The van der Waals surface area contributed by atoms with Crippen LogP contribution in [0.3, 0.4) is 0 Å². The van der Waals surface area contributed by atoms with E-state index >= 15 is 0 Å². The molecule has 2 N–H and O–H groups in total. The first-order valence-electron chi connectivity index (χ1n) is 5.24. The number of hydrogen-bond acceptors (Lipinski definition) is 1. The molecule has 0 aromatic carbocycles. The summed E-state index contributed by atoms with van der Waals surface area (Å²) in [6, 6.07) is 0.350. The lowest BCUT2D eigenvalue weighted by Crippen LogP contribution is -2.30. The van der Waals surface area contributed by atoms with E-state index < -0.39 is 0 Å². The highest BCUT2D eigenvalue weighted by Crippen LogP contribution is 2.26. The monoisotopic (exact) mass is 167 g/mol. The first kappa shape index (κ1) is 9.79. The van der Waals surface area contributed by atoms with Crippen molar-refractivity contribution in [3.8, 4) is 0 Å². The molecular weight excluding hydrogens is 146 g/mol. The van der Waals surface area contributed by atoms with E-state index in [0.717, 1.165) is 0 Å². The summed E-state index contributed by atoms with van der Waals surface area (Å²) in [7, 11) is 0. The van der Waals surface area contributed by atoms with Crippen molar-refractivity contribution in [3.63, 3.8) is 0 Å². The molecule has 0 fully saturated rings. The molecule has 0 aliphatic heterocycles. The average molecular weight is 167 g/mol. The van der Waals surface area contributed by atoms with Gasteiger partial charge in [0.2, 0.25) is 0 Å². The molecule has 0 saturated carbocycles. The first-order chi connectivity index (χ1) is 5.79. The maximum absolute atomic E-state index is 6.18. The Hall–Kier alpha value is -0.300. The molecule has 0 amide bonds. The molecule has 1 aliphatic rings. The molecule has 70 valence electrons. The van der Waals surface area contributed by atoms with Gasteiger partial charge in [-0.25, -0.2) is 0 Å². The van der Waals surface area contributed by atoms with Gasteiger partial charge in [0.05, 0.1) is 0 Å². The van der Waals surface area contributed by atoms with Crippen molar-refractivity contribution in [2.45, 2.75) is 52.0 Å². The highest BCUT2D eigenvalue weighted by atomic mass is 14.7. The minimum Gasteiger partial charge on any atom is -0.324 e. The summed E-state index contributed by atoms with van der Waals surface area (Å²) in [6.45, 7) is 4.48. The van der Waals surface area contributed by atoms with Crippen LogP contribution < -0.4 is 5.73 Å². The highest BCUT2D eigenvalue weighted by Gasteiger charge is 2.19. The smallest absolute Gasteiger partial charge is 0.0282 e. The Balaban J connectivity index is 2.49. The van der Waals surface area contributed by atoms with E-state index in [9.17, 15) is 0 Å². The number of allylic oxidation sites excluding steroid dienone is 1. The zero-order valence-electron chi connectivity index (χ0n) is 8.34. The molecule has 1 heteroatoms. The maximum Gasteiger partial charge on any atom is 0.0282 e. The third-order valence-corrected chi connectivity index (χ3v) is 3.06. The lowest BCUT2D eigenvalue weighted by atomic mass is 9.89. The van der Waals surface area contributed by atoms with E-state index in [4.69, 9.17) is 5.73 Å². The van der Waals surface area contributed by atoms with Crippen molar-refractivity contribution in [3.05, 3.63) is 11.6 Å². The van der Waals surface area contributed by atoms with Crippen molar-refractivity contribution in [1.82, 2.24) is 0 Å². The Kier molecular flexibility index (Phi) is 3.80. The molecule has 1 aliphatic carbocycles. The fraction of sp³-hybridized carbons (Fsp3) is 0.818. The van der Waals surface area contributed by atoms with Gasteiger partial charge in [0.15, 0.2) is 0 Å². The normalized spacial score (nSPS) is 19.8. The van der Waals surface area contributed by atoms with Crippen LogP contribution in [0.25, 0.3) is 0 Å². The second-order valence-corrected chi connectivity index (χ2v) is 3.77. The van der Waals surface area contributed by atoms with E-state index in [2.05, 4.69) is 19.9 Å². The van der Waals surface area contributed by atoms with Gasteiger partial charge in [-0.15, -0.1) is 0 Å². The molecule has 1 rings (SSSR count). The quantitative estimate of drug-likeness (QED) is 0.640. The molecule has 0 aromatic heterocycles. The van der Waals surface area contributed by atoms with Gasteiger partial charge in [-0.2, -0.15) is 0 Å². The average Bonchev–Trinajstić information content (AvgIpc) is 2.58. The standard InChI is InChI=1S/C11H21N/c1-3-9(4-2)11(12)10-7-5-6-8-10/h7,9,11H,3-6,8,12H2,1-2H3. The third kappa shape index (κ3) is 2.10. The Morgan fingerprint density at radius 2 is 2.08 bits per heavy atom. The van der Waals surface area contributed by atoms with Gasteiger partial charge < -0.3 is 5.73 Å². The van der Waals surface area contributed by atoms with E-state index in [-0.39, 0.29) is 0 Å². The van der Waals surface area contributed by atoms with E-state index in [1.54, 1.807) is 0 Å². The molecule has 1 atom stereocenters. The topological polar surface area (TPSA) is 26.0 Å². The van der Waals surface area contributed by atoms with Crippen LogP contribution >= 0.6 is 0 Å². The summed E-state index contributed by atoms with van der Waals surface area (Å²) in [4.78, 5) is 0. The van der Waals surface area contributed by atoms with Gasteiger partial charge in [0, 0.05) is 6.04 Å². The van der Waals surface area contributed by atoms with Crippen LogP contribution in [0, 0.1) is 5.92 Å². The van der Waals surface area contributed by atoms with Gasteiger partial charge >= 0.3 is 0 Å². The second kappa shape index (κ2) is 4.66. The van der Waals surface area contributed by atoms with Crippen molar-refractivity contribution in [2.24, 2.45) is 11.7 Å². The largest absolute Gasteiger partial charge is 0.324 e. The molecule has 1 nitrogen and oxygen atoms in total. The Morgan fingerprint density at radius 1 is 1.42 bits per heavy atom. The zero-order chi connectivity index (χ0) is 8.97. The molecule has 12 heavy (non-hydrogen) atoms. The molecule has 0 radical (unpaired) electrons. The van der Waals surface area contributed by atoms with Crippen LogP contribution in [-0.4, -0.2) is 6.04 Å². The molecule has 0 bridgehead atoms.